The van der Waals surface area contributed by atoms with Gasteiger partial charge in [-0.05, 0) is 31.0 Å². The third-order valence-electron chi connectivity index (χ3n) is 3.46. The largest absolute Gasteiger partial charge is 0.416 e. The van der Waals surface area contributed by atoms with E-state index in [1.54, 1.807) is 6.07 Å². The molecule has 1 aromatic rings. The molecule has 0 radical (unpaired) electrons. The van der Waals surface area contributed by atoms with Crippen LogP contribution in [0.4, 0.5) is 13.2 Å². The van der Waals surface area contributed by atoms with Gasteiger partial charge in [0.1, 0.15) is 0 Å². The van der Waals surface area contributed by atoms with Crippen LogP contribution in [0.1, 0.15) is 24.0 Å². The lowest BCUT2D eigenvalue weighted by atomic mass is 10.1. The van der Waals surface area contributed by atoms with Crippen molar-refractivity contribution >= 4 is 5.91 Å². The van der Waals surface area contributed by atoms with E-state index < -0.39 is 11.7 Å². The maximum Gasteiger partial charge on any atom is 0.416 e. The van der Waals surface area contributed by atoms with Crippen LogP contribution in [-0.4, -0.2) is 30.4 Å². The van der Waals surface area contributed by atoms with Crippen LogP contribution in [0.5, 0.6) is 0 Å². The number of halogens is 3. The fourth-order valence-electron chi connectivity index (χ4n) is 2.43. The molecule has 0 aliphatic carbocycles. The van der Waals surface area contributed by atoms with Crippen molar-refractivity contribution in [2.24, 2.45) is 0 Å². The first-order valence-corrected chi connectivity index (χ1v) is 6.53. The predicted molar refractivity (Wildman–Crippen MR) is 68.9 cm³/mol. The van der Waals surface area contributed by atoms with Crippen LogP contribution in [-0.2, 0) is 17.5 Å². The highest BCUT2D eigenvalue weighted by Gasteiger charge is 2.34. The highest BCUT2D eigenvalue weighted by Crippen LogP contribution is 2.32. The van der Waals surface area contributed by atoms with Gasteiger partial charge in [-0.15, -0.1) is 0 Å². The molecule has 0 unspecified atom stereocenters. The fraction of sp³-hybridized carbons (Fsp3) is 0.500. The van der Waals surface area contributed by atoms with Crippen molar-refractivity contribution in [3.8, 4) is 0 Å². The summed E-state index contributed by atoms with van der Waals surface area (Å²) in [5.74, 6) is -0.153. The monoisotopic (exact) mass is 286 g/mol. The van der Waals surface area contributed by atoms with Gasteiger partial charge in [-0.2, -0.15) is 13.2 Å². The maximum absolute atomic E-state index is 12.9. The summed E-state index contributed by atoms with van der Waals surface area (Å²) < 4.78 is 38.7. The van der Waals surface area contributed by atoms with E-state index in [1.807, 2.05) is 0 Å². The number of rotatable bonds is 3. The molecule has 1 heterocycles. The van der Waals surface area contributed by atoms with E-state index in [4.69, 9.17) is 0 Å². The van der Waals surface area contributed by atoms with Crippen molar-refractivity contribution < 1.29 is 18.0 Å². The van der Waals surface area contributed by atoms with Crippen LogP contribution in [0, 0.1) is 0 Å². The van der Waals surface area contributed by atoms with Gasteiger partial charge >= 0.3 is 6.18 Å². The SMILES string of the molecule is CN(Cc1ccccc1C(F)(F)F)C(=O)[C@H]1CCCN1. The molecule has 1 aromatic carbocycles. The molecule has 110 valence electrons. The van der Waals surface area contributed by atoms with E-state index in [0.717, 1.165) is 25.5 Å². The van der Waals surface area contributed by atoms with Crippen molar-refractivity contribution in [3.63, 3.8) is 0 Å². The van der Waals surface area contributed by atoms with Gasteiger partial charge < -0.3 is 10.2 Å². The molecule has 1 atom stereocenters. The molecule has 0 spiro atoms. The first-order chi connectivity index (χ1) is 9.39. The average Bonchev–Trinajstić information content (AvgIpc) is 2.91. The number of benzene rings is 1. The highest BCUT2D eigenvalue weighted by molar-refractivity contribution is 5.82. The molecule has 0 bridgehead atoms. The van der Waals surface area contributed by atoms with Gasteiger partial charge in [0.25, 0.3) is 0 Å². The number of carbonyl (C=O) groups excluding carboxylic acids is 1. The Bertz CT molecular complexity index is 482. The Labute approximate surface area is 115 Å². The molecule has 0 saturated carbocycles. The fourth-order valence-corrected chi connectivity index (χ4v) is 2.43. The van der Waals surface area contributed by atoms with Gasteiger partial charge in [-0.25, -0.2) is 0 Å². The van der Waals surface area contributed by atoms with Crippen LogP contribution in [0.15, 0.2) is 24.3 Å². The van der Waals surface area contributed by atoms with Gasteiger partial charge in [0.05, 0.1) is 11.6 Å². The van der Waals surface area contributed by atoms with E-state index in [9.17, 15) is 18.0 Å². The minimum Gasteiger partial charge on any atom is -0.340 e. The normalized spacial score (nSPS) is 19.1. The smallest absolute Gasteiger partial charge is 0.340 e. The Balaban J connectivity index is 2.11. The molecule has 1 aliphatic rings. The molecule has 1 N–H and O–H groups in total. The molecule has 3 nitrogen and oxygen atoms in total. The summed E-state index contributed by atoms with van der Waals surface area (Å²) in [5.41, 5.74) is -0.562. The third kappa shape index (κ3) is 3.30. The molecule has 1 saturated heterocycles. The Morgan fingerprint density at radius 3 is 2.70 bits per heavy atom. The number of hydrogen-bond donors (Lipinski definition) is 1. The summed E-state index contributed by atoms with van der Waals surface area (Å²) in [6, 6.07) is 5.09. The lowest BCUT2D eigenvalue weighted by molar-refractivity contribution is -0.139. The first kappa shape index (κ1) is 14.8. The first-order valence-electron chi connectivity index (χ1n) is 6.53. The van der Waals surface area contributed by atoms with E-state index in [0.29, 0.717) is 0 Å². The summed E-state index contributed by atoms with van der Waals surface area (Å²) in [6.07, 6.45) is -2.74. The Kier molecular flexibility index (Phi) is 4.32. The Hall–Kier alpha value is -1.56. The second-order valence-electron chi connectivity index (χ2n) is 5.00. The van der Waals surface area contributed by atoms with Gasteiger partial charge in [-0.1, -0.05) is 18.2 Å². The van der Waals surface area contributed by atoms with Gasteiger partial charge in [0.15, 0.2) is 0 Å². The second-order valence-corrected chi connectivity index (χ2v) is 5.00. The van der Waals surface area contributed by atoms with Crippen LogP contribution < -0.4 is 5.32 Å². The molecule has 2 rings (SSSR count). The summed E-state index contributed by atoms with van der Waals surface area (Å²) in [7, 11) is 1.54. The maximum atomic E-state index is 12.9. The minimum atomic E-state index is -4.40. The van der Waals surface area contributed by atoms with Crippen molar-refractivity contribution in [2.75, 3.05) is 13.6 Å². The second kappa shape index (κ2) is 5.83. The molecule has 6 heteroatoms. The number of nitrogens with zero attached hydrogens (tertiary/aromatic N) is 1. The van der Waals surface area contributed by atoms with Crippen LogP contribution in [0.25, 0.3) is 0 Å². The number of amides is 1. The Morgan fingerprint density at radius 2 is 2.10 bits per heavy atom. The predicted octanol–water partition coefficient (Wildman–Crippen LogP) is 2.42. The van der Waals surface area contributed by atoms with E-state index in [2.05, 4.69) is 5.32 Å². The molecular formula is C14H17F3N2O. The van der Waals surface area contributed by atoms with E-state index >= 15 is 0 Å². The molecule has 1 amide bonds. The van der Waals surface area contributed by atoms with Crippen molar-refractivity contribution in [1.82, 2.24) is 10.2 Å². The van der Waals surface area contributed by atoms with Gasteiger partial charge in [-0.3, -0.25) is 4.79 Å². The summed E-state index contributed by atoms with van der Waals surface area (Å²) in [5, 5.41) is 3.05. The molecule has 1 aliphatic heterocycles. The van der Waals surface area contributed by atoms with Crippen LogP contribution in [0.2, 0.25) is 0 Å². The number of hydrogen-bond acceptors (Lipinski definition) is 2. The average molecular weight is 286 g/mol. The molecule has 0 aromatic heterocycles. The summed E-state index contributed by atoms with van der Waals surface area (Å²) in [4.78, 5) is 13.4. The minimum absolute atomic E-state index is 0.0350. The van der Waals surface area contributed by atoms with E-state index in [1.165, 1.54) is 24.1 Å². The number of nitrogens with one attached hydrogen (secondary N) is 1. The number of likely N-dealkylation sites (N-methyl/N-ethyl adjacent to an activating group) is 1. The lowest BCUT2D eigenvalue weighted by Gasteiger charge is -2.23. The zero-order valence-electron chi connectivity index (χ0n) is 11.2. The van der Waals surface area contributed by atoms with E-state index in [-0.39, 0.29) is 24.1 Å². The topological polar surface area (TPSA) is 32.3 Å². The molecule has 20 heavy (non-hydrogen) atoms. The zero-order chi connectivity index (χ0) is 14.8. The van der Waals surface area contributed by atoms with Gasteiger partial charge in [0.2, 0.25) is 5.91 Å². The standard InChI is InChI=1S/C14H17F3N2O/c1-19(13(20)12-7-4-8-18-12)9-10-5-2-3-6-11(10)14(15,16)17/h2-3,5-6,12,18H,4,7-9H2,1H3/t12-/m1/s1. The quantitative estimate of drug-likeness (QED) is 0.925. The molecule has 1 fully saturated rings. The molecular weight excluding hydrogens is 269 g/mol. The van der Waals surface area contributed by atoms with Crippen molar-refractivity contribution in [3.05, 3.63) is 35.4 Å². The third-order valence-corrected chi connectivity index (χ3v) is 3.46. The Morgan fingerprint density at radius 1 is 1.40 bits per heavy atom. The highest BCUT2D eigenvalue weighted by atomic mass is 19.4. The van der Waals surface area contributed by atoms with Crippen molar-refractivity contribution in [1.29, 1.82) is 0 Å². The van der Waals surface area contributed by atoms with Crippen LogP contribution >= 0.6 is 0 Å². The van der Waals surface area contributed by atoms with Crippen molar-refractivity contribution in [2.45, 2.75) is 31.6 Å². The number of carbonyl (C=O) groups is 1. The van der Waals surface area contributed by atoms with Crippen LogP contribution in [0.3, 0.4) is 0 Å². The summed E-state index contributed by atoms with van der Waals surface area (Å²) in [6.45, 7) is 0.746. The summed E-state index contributed by atoms with van der Waals surface area (Å²) >= 11 is 0. The number of alkyl halides is 3. The van der Waals surface area contributed by atoms with Gasteiger partial charge in [0, 0.05) is 13.6 Å². The lowest BCUT2D eigenvalue weighted by Crippen LogP contribution is -2.41. The zero-order valence-corrected chi connectivity index (χ0v) is 11.2.